The van der Waals surface area contributed by atoms with Gasteiger partial charge in [0.05, 0.1) is 24.7 Å². The first-order valence-electron chi connectivity index (χ1n) is 9.89. The summed E-state index contributed by atoms with van der Waals surface area (Å²) in [6.45, 7) is 2.88. The maximum absolute atomic E-state index is 13.2. The lowest BCUT2D eigenvalue weighted by atomic mass is 9.97. The average molecular weight is 426 g/mol. The number of rotatable bonds is 4. The average Bonchev–Trinajstić information content (AvgIpc) is 3.12. The van der Waals surface area contributed by atoms with Gasteiger partial charge in [0.15, 0.2) is 0 Å². The SMILES string of the molecule is COC(=O)C1CCN(C(=O)Cn2cnc3sc(C)c(-c4ccccc4)c3c2=O)CC1. The van der Waals surface area contributed by atoms with Gasteiger partial charge in [0.2, 0.25) is 5.91 Å². The molecule has 7 nitrogen and oxygen atoms in total. The fourth-order valence-electron chi connectivity index (χ4n) is 3.98. The number of fused-ring (bicyclic) bond motifs is 1. The molecule has 1 amide bonds. The minimum atomic E-state index is -0.228. The molecule has 0 unspecified atom stereocenters. The van der Waals surface area contributed by atoms with Gasteiger partial charge < -0.3 is 9.64 Å². The molecule has 8 heteroatoms. The van der Waals surface area contributed by atoms with Crippen LogP contribution in [0.4, 0.5) is 0 Å². The topological polar surface area (TPSA) is 81.5 Å². The number of hydrogen-bond acceptors (Lipinski definition) is 6. The number of thiophene rings is 1. The van der Waals surface area contributed by atoms with E-state index in [1.54, 1.807) is 4.90 Å². The van der Waals surface area contributed by atoms with Crippen LogP contribution in [0.5, 0.6) is 0 Å². The third-order valence-corrected chi connectivity index (χ3v) is 6.62. The molecule has 4 rings (SSSR count). The van der Waals surface area contributed by atoms with Crippen molar-refractivity contribution in [3.8, 4) is 11.1 Å². The zero-order chi connectivity index (χ0) is 21.3. The van der Waals surface area contributed by atoms with Crippen molar-refractivity contribution in [3.63, 3.8) is 0 Å². The first-order valence-corrected chi connectivity index (χ1v) is 10.7. The van der Waals surface area contributed by atoms with E-state index in [-0.39, 0.29) is 29.9 Å². The number of likely N-dealkylation sites (tertiary alicyclic amines) is 1. The molecule has 1 saturated heterocycles. The van der Waals surface area contributed by atoms with E-state index in [9.17, 15) is 14.4 Å². The van der Waals surface area contributed by atoms with Gasteiger partial charge in [-0.15, -0.1) is 11.3 Å². The van der Waals surface area contributed by atoms with Gasteiger partial charge in [0.25, 0.3) is 5.56 Å². The number of esters is 1. The zero-order valence-electron chi connectivity index (χ0n) is 17.0. The van der Waals surface area contributed by atoms with E-state index in [0.717, 1.165) is 16.0 Å². The van der Waals surface area contributed by atoms with Crippen molar-refractivity contribution in [1.29, 1.82) is 0 Å². The highest BCUT2D eigenvalue weighted by Crippen LogP contribution is 2.35. The van der Waals surface area contributed by atoms with Gasteiger partial charge in [0, 0.05) is 23.5 Å². The lowest BCUT2D eigenvalue weighted by Gasteiger charge is -2.30. The number of benzene rings is 1. The fraction of sp³-hybridized carbons (Fsp3) is 0.364. The Bertz CT molecular complexity index is 1140. The highest BCUT2D eigenvalue weighted by molar-refractivity contribution is 7.19. The number of ether oxygens (including phenoxy) is 1. The van der Waals surface area contributed by atoms with E-state index in [4.69, 9.17) is 4.74 Å². The van der Waals surface area contributed by atoms with Crippen LogP contribution < -0.4 is 5.56 Å². The summed E-state index contributed by atoms with van der Waals surface area (Å²) < 4.78 is 6.18. The van der Waals surface area contributed by atoms with Gasteiger partial charge in [0.1, 0.15) is 11.4 Å². The lowest BCUT2D eigenvalue weighted by Crippen LogP contribution is -2.43. The van der Waals surface area contributed by atoms with Crippen molar-refractivity contribution in [1.82, 2.24) is 14.5 Å². The summed E-state index contributed by atoms with van der Waals surface area (Å²) in [5.74, 6) is -0.536. The van der Waals surface area contributed by atoms with E-state index < -0.39 is 0 Å². The Morgan fingerprint density at radius 3 is 2.57 bits per heavy atom. The van der Waals surface area contributed by atoms with Gasteiger partial charge >= 0.3 is 5.97 Å². The normalized spacial score (nSPS) is 14.8. The van der Waals surface area contributed by atoms with E-state index in [1.165, 1.54) is 29.3 Å². The van der Waals surface area contributed by atoms with Crippen LogP contribution in [0.15, 0.2) is 41.5 Å². The summed E-state index contributed by atoms with van der Waals surface area (Å²) in [7, 11) is 1.38. The standard InChI is InChI=1S/C22H23N3O4S/c1-14-18(15-6-4-3-5-7-15)19-20(30-14)23-13-25(21(19)27)12-17(26)24-10-8-16(9-11-24)22(28)29-2/h3-7,13,16H,8-12H2,1-2H3. The molecule has 0 bridgehead atoms. The number of carbonyl (C=O) groups excluding carboxylic acids is 2. The van der Waals surface area contributed by atoms with Crippen LogP contribution in [0.3, 0.4) is 0 Å². The van der Waals surface area contributed by atoms with Crippen LogP contribution in [-0.4, -0.2) is 46.5 Å². The Kier molecular flexibility index (Phi) is 5.67. The lowest BCUT2D eigenvalue weighted by molar-refractivity contribution is -0.149. The monoisotopic (exact) mass is 425 g/mol. The molecular formula is C22H23N3O4S. The second-order valence-corrected chi connectivity index (χ2v) is 8.64. The molecule has 3 heterocycles. The summed E-state index contributed by atoms with van der Waals surface area (Å²) in [6, 6.07) is 9.76. The Morgan fingerprint density at radius 2 is 1.90 bits per heavy atom. The maximum Gasteiger partial charge on any atom is 0.308 e. The summed E-state index contributed by atoms with van der Waals surface area (Å²) in [5, 5.41) is 0.559. The number of methoxy groups -OCH3 is 1. The van der Waals surface area contributed by atoms with E-state index in [0.29, 0.717) is 36.1 Å². The molecule has 2 aromatic heterocycles. The molecule has 0 radical (unpaired) electrons. The predicted molar refractivity (Wildman–Crippen MR) is 115 cm³/mol. The number of nitrogens with zero attached hydrogens (tertiary/aromatic N) is 3. The highest BCUT2D eigenvalue weighted by Gasteiger charge is 2.28. The van der Waals surface area contributed by atoms with Crippen molar-refractivity contribution in [2.24, 2.45) is 5.92 Å². The van der Waals surface area contributed by atoms with Crippen LogP contribution in [0.25, 0.3) is 21.3 Å². The maximum atomic E-state index is 13.2. The third-order valence-electron chi connectivity index (χ3n) is 5.61. The van der Waals surface area contributed by atoms with Crippen molar-refractivity contribution in [2.45, 2.75) is 26.3 Å². The molecule has 3 aromatic rings. The van der Waals surface area contributed by atoms with Gasteiger partial charge in [-0.2, -0.15) is 0 Å². The van der Waals surface area contributed by atoms with Gasteiger partial charge in [-0.25, -0.2) is 4.98 Å². The molecule has 30 heavy (non-hydrogen) atoms. The Hall–Kier alpha value is -3.00. The molecule has 1 fully saturated rings. The number of carbonyl (C=O) groups is 2. The number of amides is 1. The van der Waals surface area contributed by atoms with Crippen molar-refractivity contribution < 1.29 is 14.3 Å². The smallest absolute Gasteiger partial charge is 0.308 e. The van der Waals surface area contributed by atoms with E-state index in [2.05, 4.69) is 4.98 Å². The number of aromatic nitrogens is 2. The van der Waals surface area contributed by atoms with Gasteiger partial charge in [-0.05, 0) is 25.3 Å². The fourth-order valence-corrected chi connectivity index (χ4v) is 4.98. The van der Waals surface area contributed by atoms with E-state index >= 15 is 0 Å². The predicted octanol–water partition coefficient (Wildman–Crippen LogP) is 2.85. The zero-order valence-corrected chi connectivity index (χ0v) is 17.8. The van der Waals surface area contributed by atoms with Crippen LogP contribution in [-0.2, 0) is 20.9 Å². The Balaban J connectivity index is 1.59. The number of piperidine rings is 1. The second kappa shape index (κ2) is 8.39. The van der Waals surface area contributed by atoms with Crippen molar-refractivity contribution >= 4 is 33.4 Å². The molecule has 1 aromatic carbocycles. The molecule has 0 spiro atoms. The molecule has 0 atom stereocenters. The largest absolute Gasteiger partial charge is 0.469 e. The Morgan fingerprint density at radius 1 is 1.20 bits per heavy atom. The van der Waals surface area contributed by atoms with Crippen LogP contribution in [0.1, 0.15) is 17.7 Å². The molecule has 0 N–H and O–H groups in total. The van der Waals surface area contributed by atoms with E-state index in [1.807, 2.05) is 37.3 Å². The molecule has 0 saturated carbocycles. The Labute approximate surface area is 177 Å². The van der Waals surface area contributed by atoms with Crippen LogP contribution in [0.2, 0.25) is 0 Å². The number of hydrogen-bond donors (Lipinski definition) is 0. The summed E-state index contributed by atoms with van der Waals surface area (Å²) >= 11 is 1.48. The summed E-state index contributed by atoms with van der Waals surface area (Å²) in [4.78, 5) is 45.5. The molecular weight excluding hydrogens is 402 g/mol. The summed E-state index contributed by atoms with van der Waals surface area (Å²) in [6.07, 6.45) is 2.60. The first-order chi connectivity index (χ1) is 14.5. The first kappa shape index (κ1) is 20.3. The number of aryl methyl sites for hydroxylation is 1. The van der Waals surface area contributed by atoms with Crippen molar-refractivity contribution in [2.75, 3.05) is 20.2 Å². The minimum absolute atomic E-state index is 0.0617. The van der Waals surface area contributed by atoms with Crippen LogP contribution >= 0.6 is 11.3 Å². The second-order valence-electron chi connectivity index (χ2n) is 7.44. The van der Waals surface area contributed by atoms with Gasteiger partial charge in [-0.3, -0.25) is 19.0 Å². The summed E-state index contributed by atoms with van der Waals surface area (Å²) in [5.41, 5.74) is 1.64. The molecule has 156 valence electrons. The third kappa shape index (κ3) is 3.75. The van der Waals surface area contributed by atoms with Gasteiger partial charge in [-0.1, -0.05) is 30.3 Å². The highest BCUT2D eigenvalue weighted by atomic mass is 32.1. The van der Waals surface area contributed by atoms with Crippen LogP contribution in [0, 0.1) is 12.8 Å². The molecule has 0 aliphatic carbocycles. The molecule has 1 aliphatic rings. The minimum Gasteiger partial charge on any atom is -0.469 e. The quantitative estimate of drug-likeness (QED) is 0.601. The molecule has 1 aliphatic heterocycles. The van der Waals surface area contributed by atoms with Crippen molar-refractivity contribution in [3.05, 3.63) is 51.9 Å².